The van der Waals surface area contributed by atoms with Crippen molar-refractivity contribution in [3.05, 3.63) is 59.7 Å². The van der Waals surface area contributed by atoms with Crippen LogP contribution in [0.25, 0.3) is 0 Å². The van der Waals surface area contributed by atoms with Gasteiger partial charge >= 0.3 is 10.1 Å². The van der Waals surface area contributed by atoms with Gasteiger partial charge < -0.3 is 10.5 Å². The van der Waals surface area contributed by atoms with E-state index >= 15 is 0 Å². The minimum Gasteiger partial charge on any atom is -0.497 e. The van der Waals surface area contributed by atoms with Crippen LogP contribution in [0.4, 0.5) is 0 Å². The van der Waals surface area contributed by atoms with Crippen LogP contribution < -0.4 is 16.0 Å². The summed E-state index contributed by atoms with van der Waals surface area (Å²) in [4.78, 5) is 0.000124. The van der Waals surface area contributed by atoms with Crippen LogP contribution in [0.15, 0.2) is 63.6 Å². The van der Waals surface area contributed by atoms with E-state index in [0.29, 0.717) is 0 Å². The summed E-state index contributed by atoms with van der Waals surface area (Å²) in [5.41, 5.74) is 9.26. The Labute approximate surface area is 146 Å². The molecule has 25 heavy (non-hydrogen) atoms. The smallest absolute Gasteiger partial charge is 0.317 e. The van der Waals surface area contributed by atoms with E-state index in [-0.39, 0.29) is 10.9 Å². The molecule has 3 N–H and O–H groups in total. The molecular weight excluding hydrogens is 344 g/mol. The van der Waals surface area contributed by atoms with Crippen molar-refractivity contribution < 1.29 is 17.4 Å². The number of nitrogens with two attached hydrogens (primary N) is 1. The number of benzene rings is 2. The zero-order valence-corrected chi connectivity index (χ0v) is 14.5. The summed E-state index contributed by atoms with van der Waals surface area (Å²) in [5.74, 6) is 0.414. The number of guanidine groups is 1. The summed E-state index contributed by atoms with van der Waals surface area (Å²) in [6, 6.07) is 13.3. The Morgan fingerprint density at radius 2 is 1.76 bits per heavy atom. The molecule has 132 valence electrons. The first-order chi connectivity index (χ1) is 11.9. The van der Waals surface area contributed by atoms with Crippen molar-refractivity contribution in [3.8, 4) is 5.75 Å². The number of rotatable bonds is 6. The number of aryl methyl sites for hydroxylation is 1. The highest BCUT2D eigenvalue weighted by atomic mass is 32.2. The molecule has 0 radical (unpaired) electrons. The van der Waals surface area contributed by atoms with Gasteiger partial charge in [0, 0.05) is 0 Å². The Morgan fingerprint density at radius 3 is 2.36 bits per heavy atom. The largest absolute Gasteiger partial charge is 0.497 e. The lowest BCUT2D eigenvalue weighted by Crippen LogP contribution is -2.33. The van der Waals surface area contributed by atoms with E-state index in [2.05, 4.69) is 14.5 Å². The summed E-state index contributed by atoms with van der Waals surface area (Å²) in [6.07, 6.45) is 1.45. The van der Waals surface area contributed by atoms with Gasteiger partial charge in [-0.2, -0.15) is 13.5 Å². The summed E-state index contributed by atoms with van der Waals surface area (Å²) in [7, 11) is -2.42. The minimum absolute atomic E-state index is 0.000124. The highest BCUT2D eigenvalue weighted by molar-refractivity contribution is 7.86. The molecule has 0 aromatic heterocycles. The Kier molecular flexibility index (Phi) is 6.09. The highest BCUT2D eigenvalue weighted by Gasteiger charge is 2.15. The zero-order chi connectivity index (χ0) is 18.3. The van der Waals surface area contributed by atoms with Gasteiger partial charge in [0.25, 0.3) is 0 Å². The molecular formula is C16H18N4O4S. The third-order valence-electron chi connectivity index (χ3n) is 3.05. The zero-order valence-electron chi connectivity index (χ0n) is 13.7. The first-order valence-corrected chi connectivity index (χ1v) is 8.58. The molecule has 2 aromatic carbocycles. The molecule has 0 aliphatic carbocycles. The predicted octanol–water partition coefficient (Wildman–Crippen LogP) is 1.56. The number of hydrogen-bond acceptors (Lipinski definition) is 6. The van der Waals surface area contributed by atoms with Gasteiger partial charge in [-0.05, 0) is 48.9 Å². The van der Waals surface area contributed by atoms with Gasteiger partial charge in [-0.15, -0.1) is 9.39 Å². The van der Waals surface area contributed by atoms with Crippen LogP contribution in [0.2, 0.25) is 0 Å². The summed E-state index contributed by atoms with van der Waals surface area (Å²) >= 11 is 0. The first-order valence-electron chi connectivity index (χ1n) is 7.17. The maximum absolute atomic E-state index is 12.0. The third kappa shape index (κ3) is 5.59. The molecule has 0 unspecified atom stereocenters. The van der Waals surface area contributed by atoms with Crippen molar-refractivity contribution in [2.75, 3.05) is 7.11 Å². The number of hydrogen-bond donors (Lipinski definition) is 2. The van der Waals surface area contributed by atoms with Crippen molar-refractivity contribution >= 4 is 22.3 Å². The molecule has 0 fully saturated rings. The number of methoxy groups -OCH3 is 1. The van der Waals surface area contributed by atoms with Crippen molar-refractivity contribution in [1.29, 1.82) is 0 Å². The minimum atomic E-state index is -3.99. The lowest BCUT2D eigenvalue weighted by atomic mass is 10.2. The SMILES string of the molecule is COc1ccc(C=NN=C(N)NOS(=O)(=O)c2ccc(C)cc2)cc1. The maximum Gasteiger partial charge on any atom is 0.317 e. The first kappa shape index (κ1) is 18.4. The number of ether oxygens (including phenoxy) is 1. The molecule has 0 heterocycles. The second-order valence-corrected chi connectivity index (χ2v) is 6.50. The van der Waals surface area contributed by atoms with E-state index in [1.165, 1.54) is 18.3 Å². The molecule has 8 nitrogen and oxygen atoms in total. The van der Waals surface area contributed by atoms with Gasteiger partial charge in [0.15, 0.2) is 0 Å². The van der Waals surface area contributed by atoms with E-state index in [1.54, 1.807) is 43.5 Å². The second kappa shape index (κ2) is 8.27. The molecule has 0 saturated carbocycles. The van der Waals surface area contributed by atoms with Crippen LogP contribution in [-0.4, -0.2) is 27.7 Å². The lowest BCUT2D eigenvalue weighted by Gasteiger charge is -2.06. The van der Waals surface area contributed by atoms with Gasteiger partial charge in [0.1, 0.15) is 5.75 Å². The molecule has 2 rings (SSSR count). The van der Waals surface area contributed by atoms with Crippen LogP contribution >= 0.6 is 0 Å². The Bertz CT molecular complexity index is 860. The Hall–Kier alpha value is -2.91. The monoisotopic (exact) mass is 362 g/mol. The van der Waals surface area contributed by atoms with Crippen LogP contribution in [0.1, 0.15) is 11.1 Å². The van der Waals surface area contributed by atoms with Gasteiger partial charge in [-0.1, -0.05) is 17.7 Å². The molecule has 0 aliphatic rings. The van der Waals surface area contributed by atoms with Gasteiger partial charge in [-0.25, -0.2) is 5.48 Å². The average molecular weight is 362 g/mol. The van der Waals surface area contributed by atoms with E-state index in [0.717, 1.165) is 16.9 Å². The Balaban J connectivity index is 1.94. The van der Waals surface area contributed by atoms with Crippen molar-refractivity contribution in [3.63, 3.8) is 0 Å². The summed E-state index contributed by atoms with van der Waals surface area (Å²) in [5, 5.41) is 7.35. The fraction of sp³-hybridized carbons (Fsp3) is 0.125. The van der Waals surface area contributed by atoms with E-state index in [1.807, 2.05) is 12.4 Å². The van der Waals surface area contributed by atoms with Crippen molar-refractivity contribution in [2.24, 2.45) is 15.9 Å². The summed E-state index contributed by atoms with van der Waals surface area (Å²) in [6.45, 7) is 1.85. The highest BCUT2D eigenvalue weighted by Crippen LogP contribution is 2.12. The Morgan fingerprint density at radius 1 is 1.12 bits per heavy atom. The van der Waals surface area contributed by atoms with Crippen LogP contribution in [-0.2, 0) is 14.4 Å². The maximum atomic E-state index is 12.0. The molecule has 9 heteroatoms. The van der Waals surface area contributed by atoms with E-state index in [9.17, 15) is 8.42 Å². The number of nitrogens with one attached hydrogen (secondary N) is 1. The lowest BCUT2D eigenvalue weighted by molar-refractivity contribution is 0.266. The summed E-state index contributed by atoms with van der Waals surface area (Å²) < 4.78 is 33.6. The van der Waals surface area contributed by atoms with E-state index < -0.39 is 10.1 Å². The standard InChI is InChI=1S/C16H18N4O4S/c1-12-3-9-15(10-4-12)25(21,22)24-20-16(17)19-18-11-13-5-7-14(23-2)8-6-13/h3-11H,1-2H3,(H3,17,19,20). The van der Waals surface area contributed by atoms with E-state index in [4.69, 9.17) is 10.5 Å². The van der Waals surface area contributed by atoms with Crippen molar-refractivity contribution in [2.45, 2.75) is 11.8 Å². The predicted molar refractivity (Wildman–Crippen MR) is 94.8 cm³/mol. The molecule has 0 spiro atoms. The van der Waals surface area contributed by atoms with Crippen LogP contribution in [0.5, 0.6) is 5.75 Å². The molecule has 0 amide bonds. The second-order valence-electron chi connectivity index (χ2n) is 4.96. The topological polar surface area (TPSA) is 115 Å². The molecule has 0 bridgehead atoms. The fourth-order valence-electron chi connectivity index (χ4n) is 1.72. The van der Waals surface area contributed by atoms with Crippen LogP contribution in [0.3, 0.4) is 0 Å². The van der Waals surface area contributed by atoms with Gasteiger partial charge in [0.2, 0.25) is 5.96 Å². The quantitative estimate of drug-likeness (QED) is 0.458. The van der Waals surface area contributed by atoms with Gasteiger partial charge in [0.05, 0.1) is 18.2 Å². The average Bonchev–Trinajstić information content (AvgIpc) is 2.61. The number of hydroxylamine groups is 1. The number of nitrogens with zero attached hydrogens (tertiary/aromatic N) is 2. The van der Waals surface area contributed by atoms with Crippen molar-refractivity contribution in [1.82, 2.24) is 5.48 Å². The fourth-order valence-corrected chi connectivity index (χ4v) is 2.48. The normalized spacial score (nSPS) is 12.3. The molecule has 0 saturated heterocycles. The van der Waals surface area contributed by atoms with Crippen LogP contribution in [0, 0.1) is 6.92 Å². The molecule has 2 aromatic rings. The molecule has 0 atom stereocenters. The van der Waals surface area contributed by atoms with Gasteiger partial charge in [-0.3, -0.25) is 0 Å². The third-order valence-corrected chi connectivity index (χ3v) is 4.21. The molecule has 0 aliphatic heterocycles.